The molecule has 2 rings (SSSR count). The average Bonchev–Trinajstić information content (AvgIpc) is 2.59. The highest BCUT2D eigenvalue weighted by Gasteiger charge is 2.22. The lowest BCUT2D eigenvalue weighted by Gasteiger charge is -2.18. The summed E-state index contributed by atoms with van der Waals surface area (Å²) in [5, 5.41) is 13.6. The van der Waals surface area contributed by atoms with Gasteiger partial charge in [-0.2, -0.15) is 5.10 Å². The highest BCUT2D eigenvalue weighted by molar-refractivity contribution is 5.88. The number of aromatic nitrogens is 2. The smallest absolute Gasteiger partial charge is 0.339 e. The molecule has 0 saturated heterocycles. The number of aromatic carboxylic acids is 1. The standard InChI is InChI=1S/C14H22N2O2/c1-2-7-13-12(14(17)18)10-15-16(13)11-8-5-3-4-6-9-11/h10-11H,2-9H2,1H3,(H,17,18). The van der Waals surface area contributed by atoms with Crippen LogP contribution in [0.4, 0.5) is 0 Å². The molecule has 0 unspecified atom stereocenters. The second-order valence-corrected chi connectivity index (χ2v) is 5.15. The maximum atomic E-state index is 11.2. The van der Waals surface area contributed by atoms with E-state index in [2.05, 4.69) is 12.0 Å². The molecule has 4 heteroatoms. The number of carboxylic acids is 1. The minimum atomic E-state index is -0.849. The predicted octanol–water partition coefficient (Wildman–Crippen LogP) is 3.43. The summed E-state index contributed by atoms with van der Waals surface area (Å²) in [6.07, 6.45) is 10.6. The largest absolute Gasteiger partial charge is 0.478 e. The third kappa shape index (κ3) is 2.74. The molecule has 0 spiro atoms. The minimum Gasteiger partial charge on any atom is -0.478 e. The number of carbonyl (C=O) groups is 1. The molecule has 1 aliphatic rings. The van der Waals surface area contributed by atoms with Crippen molar-refractivity contribution in [3.8, 4) is 0 Å². The molecular weight excluding hydrogens is 228 g/mol. The predicted molar refractivity (Wildman–Crippen MR) is 69.9 cm³/mol. The second-order valence-electron chi connectivity index (χ2n) is 5.15. The van der Waals surface area contributed by atoms with Crippen LogP contribution < -0.4 is 0 Å². The lowest BCUT2D eigenvalue weighted by Crippen LogP contribution is -2.14. The van der Waals surface area contributed by atoms with Crippen LogP contribution in [0.25, 0.3) is 0 Å². The molecule has 1 aromatic rings. The number of nitrogens with zero attached hydrogens (tertiary/aromatic N) is 2. The van der Waals surface area contributed by atoms with E-state index in [4.69, 9.17) is 0 Å². The van der Waals surface area contributed by atoms with Gasteiger partial charge in [-0.1, -0.05) is 39.0 Å². The molecule has 18 heavy (non-hydrogen) atoms. The molecule has 1 N–H and O–H groups in total. The van der Waals surface area contributed by atoms with Crippen molar-refractivity contribution in [3.63, 3.8) is 0 Å². The first-order valence-electron chi connectivity index (χ1n) is 7.03. The third-order valence-corrected chi connectivity index (χ3v) is 3.79. The summed E-state index contributed by atoms with van der Waals surface area (Å²) in [5.41, 5.74) is 1.30. The second kappa shape index (κ2) is 6.03. The van der Waals surface area contributed by atoms with E-state index in [0.29, 0.717) is 11.6 Å². The van der Waals surface area contributed by atoms with Gasteiger partial charge in [0.1, 0.15) is 5.56 Å². The van der Waals surface area contributed by atoms with Crippen LogP contribution in [0.2, 0.25) is 0 Å². The first kappa shape index (κ1) is 13.1. The Morgan fingerprint density at radius 1 is 1.39 bits per heavy atom. The maximum Gasteiger partial charge on any atom is 0.339 e. The van der Waals surface area contributed by atoms with Crippen molar-refractivity contribution in [2.45, 2.75) is 64.3 Å². The van der Waals surface area contributed by atoms with Gasteiger partial charge in [-0.15, -0.1) is 0 Å². The fourth-order valence-electron chi connectivity index (χ4n) is 2.87. The SMILES string of the molecule is CCCc1c(C(=O)O)cnn1C1CCCCCC1. The molecule has 0 radical (unpaired) electrons. The summed E-state index contributed by atoms with van der Waals surface area (Å²) in [6.45, 7) is 2.08. The molecule has 1 aromatic heterocycles. The molecular formula is C14H22N2O2. The molecule has 100 valence electrons. The summed E-state index contributed by atoms with van der Waals surface area (Å²) in [5.74, 6) is -0.849. The van der Waals surface area contributed by atoms with E-state index in [1.165, 1.54) is 31.9 Å². The number of carboxylic acid groups (broad SMARTS) is 1. The summed E-state index contributed by atoms with van der Waals surface area (Å²) >= 11 is 0. The van der Waals surface area contributed by atoms with Gasteiger partial charge < -0.3 is 5.11 Å². The van der Waals surface area contributed by atoms with E-state index in [-0.39, 0.29) is 0 Å². The van der Waals surface area contributed by atoms with Gasteiger partial charge in [-0.25, -0.2) is 4.79 Å². The quantitative estimate of drug-likeness (QED) is 0.833. The molecule has 4 nitrogen and oxygen atoms in total. The Labute approximate surface area is 108 Å². The Kier molecular flexibility index (Phi) is 4.39. The van der Waals surface area contributed by atoms with Crippen LogP contribution in [-0.2, 0) is 6.42 Å². The fourth-order valence-corrected chi connectivity index (χ4v) is 2.87. The minimum absolute atomic E-state index is 0.390. The van der Waals surface area contributed by atoms with Crippen LogP contribution in [0, 0.1) is 0 Å². The first-order chi connectivity index (χ1) is 8.74. The lowest BCUT2D eigenvalue weighted by molar-refractivity contribution is 0.0695. The normalized spacial score (nSPS) is 17.6. The molecule has 0 atom stereocenters. The van der Waals surface area contributed by atoms with Crippen LogP contribution in [0.5, 0.6) is 0 Å². The van der Waals surface area contributed by atoms with E-state index in [1.54, 1.807) is 0 Å². The van der Waals surface area contributed by atoms with E-state index < -0.39 is 5.97 Å². The first-order valence-corrected chi connectivity index (χ1v) is 7.03. The van der Waals surface area contributed by atoms with Crippen LogP contribution >= 0.6 is 0 Å². The Hall–Kier alpha value is -1.32. The van der Waals surface area contributed by atoms with Gasteiger partial charge in [0.25, 0.3) is 0 Å². The Balaban J connectivity index is 2.27. The third-order valence-electron chi connectivity index (χ3n) is 3.79. The van der Waals surface area contributed by atoms with Crippen molar-refractivity contribution in [3.05, 3.63) is 17.5 Å². The van der Waals surface area contributed by atoms with Crippen molar-refractivity contribution in [2.75, 3.05) is 0 Å². The zero-order valence-electron chi connectivity index (χ0n) is 11.1. The van der Waals surface area contributed by atoms with Crippen LogP contribution in [-0.4, -0.2) is 20.9 Å². The van der Waals surface area contributed by atoms with Crippen LogP contribution in [0.1, 0.15) is 74.0 Å². The Morgan fingerprint density at radius 2 is 2.06 bits per heavy atom. The molecule has 0 amide bonds. The highest BCUT2D eigenvalue weighted by atomic mass is 16.4. The summed E-state index contributed by atoms with van der Waals surface area (Å²) in [6, 6.07) is 0.405. The highest BCUT2D eigenvalue weighted by Crippen LogP contribution is 2.29. The van der Waals surface area contributed by atoms with Gasteiger partial charge in [-0.05, 0) is 19.3 Å². The van der Waals surface area contributed by atoms with Gasteiger partial charge in [0.05, 0.1) is 17.9 Å². The van der Waals surface area contributed by atoms with E-state index >= 15 is 0 Å². The van der Waals surface area contributed by atoms with Gasteiger partial charge in [0, 0.05) is 0 Å². The van der Waals surface area contributed by atoms with Crippen molar-refractivity contribution in [1.29, 1.82) is 0 Å². The van der Waals surface area contributed by atoms with Crippen molar-refractivity contribution in [2.24, 2.45) is 0 Å². The van der Waals surface area contributed by atoms with Gasteiger partial charge in [0.15, 0.2) is 0 Å². The van der Waals surface area contributed by atoms with E-state index in [1.807, 2.05) is 4.68 Å². The topological polar surface area (TPSA) is 55.1 Å². The average molecular weight is 250 g/mol. The lowest BCUT2D eigenvalue weighted by atomic mass is 10.1. The zero-order chi connectivity index (χ0) is 13.0. The summed E-state index contributed by atoms with van der Waals surface area (Å²) < 4.78 is 2.00. The summed E-state index contributed by atoms with van der Waals surface area (Å²) in [4.78, 5) is 11.2. The monoisotopic (exact) mass is 250 g/mol. The molecule has 1 saturated carbocycles. The van der Waals surface area contributed by atoms with Crippen molar-refractivity contribution < 1.29 is 9.90 Å². The van der Waals surface area contributed by atoms with Crippen LogP contribution in [0.15, 0.2) is 6.20 Å². The van der Waals surface area contributed by atoms with Gasteiger partial charge >= 0.3 is 5.97 Å². The van der Waals surface area contributed by atoms with Crippen LogP contribution in [0.3, 0.4) is 0 Å². The number of hydrogen-bond donors (Lipinski definition) is 1. The maximum absolute atomic E-state index is 11.2. The number of rotatable bonds is 4. The Morgan fingerprint density at radius 3 is 2.61 bits per heavy atom. The molecule has 0 aromatic carbocycles. The number of hydrogen-bond acceptors (Lipinski definition) is 2. The van der Waals surface area contributed by atoms with Crippen molar-refractivity contribution in [1.82, 2.24) is 9.78 Å². The molecule has 0 bridgehead atoms. The van der Waals surface area contributed by atoms with Gasteiger partial charge in [-0.3, -0.25) is 4.68 Å². The summed E-state index contributed by atoms with van der Waals surface area (Å²) in [7, 11) is 0. The van der Waals surface area contributed by atoms with E-state index in [9.17, 15) is 9.90 Å². The molecule has 1 fully saturated rings. The van der Waals surface area contributed by atoms with Gasteiger partial charge in [0.2, 0.25) is 0 Å². The Bertz CT molecular complexity index is 404. The fraction of sp³-hybridized carbons (Fsp3) is 0.714. The molecule has 0 aliphatic heterocycles. The molecule has 1 heterocycles. The van der Waals surface area contributed by atoms with Crippen molar-refractivity contribution >= 4 is 5.97 Å². The molecule has 1 aliphatic carbocycles. The van der Waals surface area contributed by atoms with E-state index in [0.717, 1.165) is 31.4 Å². The zero-order valence-corrected chi connectivity index (χ0v) is 11.1.